The largest absolute Gasteiger partial charge is 0.486 e. The fourth-order valence-electron chi connectivity index (χ4n) is 3.08. The SMILES string of the molecule is CN(CC(=O)Nc1ccc(Oc2ccccc2)cc1)S(=O)(=O)c1ccc2c(c1)OCCO2. The van der Waals surface area contributed by atoms with Gasteiger partial charge in [0, 0.05) is 18.8 Å². The van der Waals surface area contributed by atoms with Gasteiger partial charge < -0.3 is 19.5 Å². The van der Waals surface area contributed by atoms with Crippen LogP contribution in [0.2, 0.25) is 0 Å². The monoisotopic (exact) mass is 454 g/mol. The Morgan fingerprint density at radius 1 is 0.938 bits per heavy atom. The molecule has 0 spiro atoms. The van der Waals surface area contributed by atoms with Crippen LogP contribution in [0.25, 0.3) is 0 Å². The first-order valence-electron chi connectivity index (χ1n) is 9.91. The summed E-state index contributed by atoms with van der Waals surface area (Å²) in [6, 6.07) is 20.5. The Kier molecular flexibility index (Phi) is 6.29. The lowest BCUT2D eigenvalue weighted by atomic mass is 10.3. The minimum Gasteiger partial charge on any atom is -0.486 e. The Balaban J connectivity index is 1.37. The Morgan fingerprint density at radius 3 is 2.31 bits per heavy atom. The first-order valence-corrected chi connectivity index (χ1v) is 11.3. The molecule has 1 N–H and O–H groups in total. The van der Waals surface area contributed by atoms with E-state index >= 15 is 0 Å². The fraction of sp³-hybridized carbons (Fsp3) is 0.174. The second kappa shape index (κ2) is 9.29. The van der Waals surface area contributed by atoms with Gasteiger partial charge in [0.15, 0.2) is 11.5 Å². The third-order valence-electron chi connectivity index (χ3n) is 4.71. The van der Waals surface area contributed by atoms with Gasteiger partial charge in [0.05, 0.1) is 11.4 Å². The number of amides is 1. The quantitative estimate of drug-likeness (QED) is 0.587. The van der Waals surface area contributed by atoms with Crippen molar-refractivity contribution < 1.29 is 27.4 Å². The fourth-order valence-corrected chi connectivity index (χ4v) is 4.23. The van der Waals surface area contributed by atoms with Gasteiger partial charge in [-0.05, 0) is 48.5 Å². The van der Waals surface area contributed by atoms with Crippen LogP contribution in [0.4, 0.5) is 5.69 Å². The molecule has 0 saturated carbocycles. The van der Waals surface area contributed by atoms with E-state index in [2.05, 4.69) is 5.32 Å². The van der Waals surface area contributed by atoms with Gasteiger partial charge in [-0.1, -0.05) is 18.2 Å². The molecule has 0 aromatic heterocycles. The highest BCUT2D eigenvalue weighted by Gasteiger charge is 2.25. The highest BCUT2D eigenvalue weighted by atomic mass is 32.2. The van der Waals surface area contributed by atoms with Gasteiger partial charge in [-0.25, -0.2) is 8.42 Å². The van der Waals surface area contributed by atoms with Crippen molar-refractivity contribution in [3.05, 3.63) is 72.8 Å². The highest BCUT2D eigenvalue weighted by molar-refractivity contribution is 7.89. The Labute approximate surface area is 186 Å². The van der Waals surface area contributed by atoms with E-state index in [0.29, 0.717) is 41.9 Å². The number of fused-ring (bicyclic) bond motifs is 1. The van der Waals surface area contributed by atoms with E-state index in [9.17, 15) is 13.2 Å². The van der Waals surface area contributed by atoms with Crippen molar-refractivity contribution in [2.75, 3.05) is 32.1 Å². The highest BCUT2D eigenvalue weighted by Crippen LogP contribution is 2.33. The maximum atomic E-state index is 12.9. The predicted molar refractivity (Wildman–Crippen MR) is 119 cm³/mol. The second-order valence-corrected chi connectivity index (χ2v) is 9.10. The van der Waals surface area contributed by atoms with Crippen molar-refractivity contribution in [1.82, 2.24) is 4.31 Å². The summed E-state index contributed by atoms with van der Waals surface area (Å²) in [5.74, 6) is 1.72. The summed E-state index contributed by atoms with van der Waals surface area (Å²) in [5.41, 5.74) is 0.528. The van der Waals surface area contributed by atoms with Gasteiger partial charge in [0.25, 0.3) is 0 Å². The summed E-state index contributed by atoms with van der Waals surface area (Å²) < 4.78 is 43.3. The number of nitrogens with one attached hydrogen (secondary N) is 1. The molecule has 1 aliphatic heterocycles. The molecule has 8 nitrogen and oxygen atoms in total. The lowest BCUT2D eigenvalue weighted by Crippen LogP contribution is -2.35. The van der Waals surface area contributed by atoms with E-state index in [0.717, 1.165) is 4.31 Å². The summed E-state index contributed by atoms with van der Waals surface area (Å²) in [7, 11) is -2.53. The van der Waals surface area contributed by atoms with Gasteiger partial charge in [-0.15, -0.1) is 0 Å². The molecule has 1 amide bonds. The van der Waals surface area contributed by atoms with Crippen molar-refractivity contribution in [1.29, 1.82) is 0 Å². The molecule has 0 aliphatic carbocycles. The predicted octanol–water partition coefficient (Wildman–Crippen LogP) is 3.51. The molecule has 1 aliphatic rings. The molecule has 3 aromatic carbocycles. The topological polar surface area (TPSA) is 94.2 Å². The zero-order valence-electron chi connectivity index (χ0n) is 17.4. The summed E-state index contributed by atoms with van der Waals surface area (Å²) in [6.07, 6.45) is 0. The molecule has 32 heavy (non-hydrogen) atoms. The minimum absolute atomic E-state index is 0.0273. The number of likely N-dealkylation sites (N-methyl/N-ethyl adjacent to an activating group) is 1. The number of anilines is 1. The third kappa shape index (κ3) is 5.01. The molecule has 9 heteroatoms. The van der Waals surface area contributed by atoms with E-state index < -0.39 is 15.9 Å². The molecule has 0 saturated heterocycles. The number of ether oxygens (including phenoxy) is 3. The lowest BCUT2D eigenvalue weighted by Gasteiger charge is -2.21. The molecule has 0 bridgehead atoms. The Bertz CT molecular complexity index is 1200. The number of hydrogen-bond donors (Lipinski definition) is 1. The zero-order valence-corrected chi connectivity index (χ0v) is 18.2. The summed E-state index contributed by atoms with van der Waals surface area (Å²) in [5, 5.41) is 2.69. The van der Waals surface area contributed by atoms with Crippen molar-refractivity contribution >= 4 is 21.6 Å². The van der Waals surface area contributed by atoms with Crippen LogP contribution in [0, 0.1) is 0 Å². The van der Waals surface area contributed by atoms with Crippen LogP contribution in [-0.2, 0) is 14.8 Å². The van der Waals surface area contributed by atoms with Crippen molar-refractivity contribution in [2.24, 2.45) is 0 Å². The first-order chi connectivity index (χ1) is 15.4. The van der Waals surface area contributed by atoms with E-state index in [1.54, 1.807) is 30.3 Å². The number of benzene rings is 3. The third-order valence-corrected chi connectivity index (χ3v) is 6.50. The van der Waals surface area contributed by atoms with Gasteiger partial charge in [-0.3, -0.25) is 4.79 Å². The molecule has 0 radical (unpaired) electrons. The van der Waals surface area contributed by atoms with Gasteiger partial charge in [0.1, 0.15) is 24.7 Å². The number of para-hydroxylation sites is 1. The number of carbonyl (C=O) groups excluding carboxylic acids is 1. The molecule has 0 fully saturated rings. The Hall–Kier alpha value is -3.56. The molecule has 0 unspecified atom stereocenters. The average molecular weight is 455 g/mol. The number of nitrogens with zero attached hydrogens (tertiary/aromatic N) is 1. The van der Waals surface area contributed by atoms with E-state index in [1.807, 2.05) is 30.3 Å². The molecule has 166 valence electrons. The maximum Gasteiger partial charge on any atom is 0.243 e. The lowest BCUT2D eigenvalue weighted by molar-refractivity contribution is -0.116. The van der Waals surface area contributed by atoms with Crippen molar-refractivity contribution in [2.45, 2.75) is 4.90 Å². The van der Waals surface area contributed by atoms with Crippen molar-refractivity contribution in [3.63, 3.8) is 0 Å². The molecule has 3 aromatic rings. The van der Waals surface area contributed by atoms with Gasteiger partial charge in [0.2, 0.25) is 15.9 Å². The number of rotatable bonds is 7. The number of carbonyl (C=O) groups is 1. The van der Waals surface area contributed by atoms with Crippen molar-refractivity contribution in [3.8, 4) is 23.0 Å². The van der Waals surface area contributed by atoms with Crippen LogP contribution < -0.4 is 19.5 Å². The Morgan fingerprint density at radius 2 is 1.59 bits per heavy atom. The smallest absolute Gasteiger partial charge is 0.243 e. The first kappa shape index (κ1) is 21.7. The molecule has 0 atom stereocenters. The van der Waals surface area contributed by atoms with Crippen LogP contribution >= 0.6 is 0 Å². The standard InChI is InChI=1S/C23H22N2O6S/c1-25(32(27,28)20-11-12-21-22(15-20)30-14-13-29-21)16-23(26)24-17-7-9-19(10-8-17)31-18-5-3-2-4-6-18/h2-12,15H,13-14,16H2,1H3,(H,24,26). The molecular formula is C23H22N2O6S. The normalized spacial score (nSPS) is 12.9. The summed E-state index contributed by atoms with van der Waals surface area (Å²) in [6.45, 7) is 0.418. The van der Waals surface area contributed by atoms with Crippen LogP contribution in [0.3, 0.4) is 0 Å². The van der Waals surface area contributed by atoms with Gasteiger partial charge >= 0.3 is 0 Å². The summed E-state index contributed by atoms with van der Waals surface area (Å²) >= 11 is 0. The van der Waals surface area contributed by atoms with Crippen LogP contribution in [0.1, 0.15) is 0 Å². The van der Waals surface area contributed by atoms with Crippen LogP contribution in [0.5, 0.6) is 23.0 Å². The molecular weight excluding hydrogens is 432 g/mol. The van der Waals surface area contributed by atoms with E-state index in [1.165, 1.54) is 19.2 Å². The molecule has 1 heterocycles. The van der Waals surface area contributed by atoms with E-state index in [4.69, 9.17) is 14.2 Å². The van der Waals surface area contributed by atoms with Crippen LogP contribution in [-0.4, -0.2) is 45.4 Å². The minimum atomic E-state index is -3.88. The van der Waals surface area contributed by atoms with Gasteiger partial charge in [-0.2, -0.15) is 4.31 Å². The maximum absolute atomic E-state index is 12.9. The number of sulfonamides is 1. The van der Waals surface area contributed by atoms with E-state index in [-0.39, 0.29) is 11.4 Å². The molecule has 4 rings (SSSR count). The summed E-state index contributed by atoms with van der Waals surface area (Å²) in [4.78, 5) is 12.4. The average Bonchev–Trinajstić information content (AvgIpc) is 2.80. The second-order valence-electron chi connectivity index (χ2n) is 7.05. The van der Waals surface area contributed by atoms with Crippen LogP contribution in [0.15, 0.2) is 77.7 Å². The number of hydrogen-bond acceptors (Lipinski definition) is 6. The zero-order chi connectivity index (χ0) is 22.6.